The van der Waals surface area contributed by atoms with E-state index >= 15 is 0 Å². The number of rotatable bonds is 7. The van der Waals surface area contributed by atoms with Crippen molar-refractivity contribution < 1.29 is 4.39 Å². The summed E-state index contributed by atoms with van der Waals surface area (Å²) < 4.78 is 13.2. The largest absolute Gasteiger partial charge is 0.354 e. The number of anilines is 1. The molecule has 2 heterocycles. The average Bonchev–Trinajstić information content (AvgIpc) is 2.67. The standard InChI is InChI=1S/C20H21FN4/c1-2-3-4-11-23-20-24-14-18(15-5-7-17(21)8-6-15)19(25-20)16-9-12-22-13-10-16/h5-10,12-14H,2-4,11H2,1H3,(H,23,24,25). The predicted octanol–water partition coefficient (Wildman–Crippen LogP) is 4.95. The van der Waals surface area contributed by atoms with E-state index in [1.807, 2.05) is 12.1 Å². The van der Waals surface area contributed by atoms with Crippen LogP contribution in [-0.2, 0) is 0 Å². The van der Waals surface area contributed by atoms with Gasteiger partial charge in [0.2, 0.25) is 5.95 Å². The van der Waals surface area contributed by atoms with Crippen molar-refractivity contribution in [3.63, 3.8) is 0 Å². The zero-order chi connectivity index (χ0) is 17.5. The minimum atomic E-state index is -0.260. The molecule has 0 spiro atoms. The van der Waals surface area contributed by atoms with Gasteiger partial charge in [-0.3, -0.25) is 4.98 Å². The number of hydrogen-bond donors (Lipinski definition) is 1. The van der Waals surface area contributed by atoms with Gasteiger partial charge in [-0.25, -0.2) is 14.4 Å². The second-order valence-corrected chi connectivity index (χ2v) is 5.83. The zero-order valence-electron chi connectivity index (χ0n) is 14.2. The molecule has 1 N–H and O–H groups in total. The molecule has 0 bridgehead atoms. The van der Waals surface area contributed by atoms with E-state index in [4.69, 9.17) is 4.98 Å². The molecule has 0 aliphatic carbocycles. The number of aromatic nitrogens is 3. The highest BCUT2D eigenvalue weighted by molar-refractivity contribution is 5.80. The molecule has 5 heteroatoms. The summed E-state index contributed by atoms with van der Waals surface area (Å²) in [6.07, 6.45) is 8.70. The Kier molecular flexibility index (Phi) is 5.67. The van der Waals surface area contributed by atoms with Crippen LogP contribution in [0.1, 0.15) is 26.2 Å². The van der Waals surface area contributed by atoms with Gasteiger partial charge in [0, 0.05) is 36.3 Å². The summed E-state index contributed by atoms with van der Waals surface area (Å²) in [7, 11) is 0. The van der Waals surface area contributed by atoms with E-state index < -0.39 is 0 Å². The normalized spacial score (nSPS) is 10.6. The predicted molar refractivity (Wildman–Crippen MR) is 98.7 cm³/mol. The van der Waals surface area contributed by atoms with Crippen LogP contribution in [0.2, 0.25) is 0 Å². The van der Waals surface area contributed by atoms with Crippen LogP contribution in [0.25, 0.3) is 22.4 Å². The molecule has 128 valence electrons. The third-order valence-corrected chi connectivity index (χ3v) is 3.96. The van der Waals surface area contributed by atoms with Crippen LogP contribution >= 0.6 is 0 Å². The van der Waals surface area contributed by atoms with Crippen LogP contribution < -0.4 is 5.32 Å². The van der Waals surface area contributed by atoms with Crippen LogP contribution in [0.4, 0.5) is 10.3 Å². The molecular formula is C20H21FN4. The van der Waals surface area contributed by atoms with Gasteiger partial charge in [-0.05, 0) is 36.2 Å². The van der Waals surface area contributed by atoms with Crippen molar-refractivity contribution in [3.05, 3.63) is 60.8 Å². The van der Waals surface area contributed by atoms with Crippen molar-refractivity contribution in [3.8, 4) is 22.4 Å². The van der Waals surface area contributed by atoms with Gasteiger partial charge in [-0.15, -0.1) is 0 Å². The Bertz CT molecular complexity index is 804. The quantitative estimate of drug-likeness (QED) is 0.620. The smallest absolute Gasteiger partial charge is 0.223 e. The molecule has 3 rings (SSSR count). The third kappa shape index (κ3) is 4.38. The van der Waals surface area contributed by atoms with E-state index in [0.717, 1.165) is 35.3 Å². The lowest BCUT2D eigenvalue weighted by molar-refractivity contribution is 0.628. The SMILES string of the molecule is CCCCCNc1ncc(-c2ccc(F)cc2)c(-c2ccncc2)n1. The topological polar surface area (TPSA) is 50.7 Å². The molecule has 0 saturated heterocycles. The third-order valence-electron chi connectivity index (χ3n) is 3.96. The number of nitrogens with zero attached hydrogens (tertiary/aromatic N) is 3. The molecule has 2 aromatic heterocycles. The maximum absolute atomic E-state index is 13.2. The van der Waals surface area contributed by atoms with Crippen molar-refractivity contribution in [2.75, 3.05) is 11.9 Å². The van der Waals surface area contributed by atoms with Crippen molar-refractivity contribution in [2.45, 2.75) is 26.2 Å². The van der Waals surface area contributed by atoms with Gasteiger partial charge in [0.15, 0.2) is 0 Å². The first kappa shape index (κ1) is 17.0. The molecule has 4 nitrogen and oxygen atoms in total. The van der Waals surface area contributed by atoms with Gasteiger partial charge in [0.25, 0.3) is 0 Å². The highest BCUT2D eigenvalue weighted by Crippen LogP contribution is 2.30. The Labute approximate surface area is 147 Å². The van der Waals surface area contributed by atoms with Crippen LogP contribution in [-0.4, -0.2) is 21.5 Å². The number of pyridine rings is 1. The lowest BCUT2D eigenvalue weighted by Gasteiger charge is -2.12. The van der Waals surface area contributed by atoms with Crippen molar-refractivity contribution >= 4 is 5.95 Å². The van der Waals surface area contributed by atoms with Crippen LogP contribution in [0.15, 0.2) is 55.0 Å². The molecule has 25 heavy (non-hydrogen) atoms. The maximum Gasteiger partial charge on any atom is 0.223 e. The van der Waals surface area contributed by atoms with Crippen LogP contribution in [0, 0.1) is 5.82 Å². The molecule has 0 aliphatic rings. The highest BCUT2D eigenvalue weighted by Gasteiger charge is 2.11. The fourth-order valence-electron chi connectivity index (χ4n) is 2.61. The molecule has 1 aromatic carbocycles. The first-order valence-corrected chi connectivity index (χ1v) is 8.55. The summed E-state index contributed by atoms with van der Waals surface area (Å²) in [5, 5.41) is 3.28. The monoisotopic (exact) mass is 336 g/mol. The summed E-state index contributed by atoms with van der Waals surface area (Å²) in [5.74, 6) is 0.345. The molecule has 0 atom stereocenters. The number of hydrogen-bond acceptors (Lipinski definition) is 4. The van der Waals surface area contributed by atoms with E-state index in [0.29, 0.717) is 5.95 Å². The van der Waals surface area contributed by atoms with Crippen molar-refractivity contribution in [1.82, 2.24) is 15.0 Å². The van der Waals surface area contributed by atoms with Gasteiger partial charge in [-0.2, -0.15) is 0 Å². The fourth-order valence-corrected chi connectivity index (χ4v) is 2.61. The van der Waals surface area contributed by atoms with Gasteiger partial charge in [0.05, 0.1) is 5.69 Å². The van der Waals surface area contributed by atoms with Crippen molar-refractivity contribution in [2.24, 2.45) is 0 Å². The Morgan fingerprint density at radius 2 is 1.72 bits per heavy atom. The molecule has 0 amide bonds. The molecule has 0 fully saturated rings. The van der Waals surface area contributed by atoms with Gasteiger partial charge in [0.1, 0.15) is 5.82 Å². The Hall–Kier alpha value is -2.82. The summed E-state index contributed by atoms with van der Waals surface area (Å²) in [5.41, 5.74) is 3.51. The lowest BCUT2D eigenvalue weighted by Crippen LogP contribution is -2.06. The Morgan fingerprint density at radius 1 is 0.960 bits per heavy atom. The number of benzene rings is 1. The summed E-state index contributed by atoms with van der Waals surface area (Å²) >= 11 is 0. The molecule has 3 aromatic rings. The van der Waals surface area contributed by atoms with E-state index in [1.54, 1.807) is 30.7 Å². The second kappa shape index (κ2) is 8.33. The molecule has 0 unspecified atom stereocenters. The van der Waals surface area contributed by atoms with E-state index in [9.17, 15) is 4.39 Å². The Morgan fingerprint density at radius 3 is 2.44 bits per heavy atom. The zero-order valence-corrected chi connectivity index (χ0v) is 14.2. The Balaban J connectivity index is 1.95. The number of halogens is 1. The second-order valence-electron chi connectivity index (χ2n) is 5.83. The van der Waals surface area contributed by atoms with E-state index in [2.05, 4.69) is 22.2 Å². The highest BCUT2D eigenvalue weighted by atomic mass is 19.1. The van der Waals surface area contributed by atoms with E-state index in [-0.39, 0.29) is 5.82 Å². The van der Waals surface area contributed by atoms with Crippen molar-refractivity contribution in [1.29, 1.82) is 0 Å². The molecular weight excluding hydrogens is 315 g/mol. The summed E-state index contributed by atoms with van der Waals surface area (Å²) in [6.45, 7) is 3.02. The molecule has 0 radical (unpaired) electrons. The van der Waals surface area contributed by atoms with Gasteiger partial charge >= 0.3 is 0 Å². The lowest BCUT2D eigenvalue weighted by atomic mass is 10.0. The number of unbranched alkanes of at least 4 members (excludes halogenated alkanes) is 2. The average molecular weight is 336 g/mol. The fraction of sp³-hybridized carbons (Fsp3) is 0.250. The van der Waals surface area contributed by atoms with Crippen LogP contribution in [0.3, 0.4) is 0 Å². The van der Waals surface area contributed by atoms with Gasteiger partial charge < -0.3 is 5.32 Å². The first-order chi connectivity index (χ1) is 12.3. The number of nitrogens with one attached hydrogen (secondary N) is 1. The molecule has 0 aliphatic heterocycles. The first-order valence-electron chi connectivity index (χ1n) is 8.55. The van der Waals surface area contributed by atoms with Crippen LogP contribution in [0.5, 0.6) is 0 Å². The maximum atomic E-state index is 13.2. The summed E-state index contributed by atoms with van der Waals surface area (Å²) in [4.78, 5) is 13.2. The minimum absolute atomic E-state index is 0.260. The summed E-state index contributed by atoms with van der Waals surface area (Å²) in [6, 6.07) is 10.2. The molecule has 0 saturated carbocycles. The van der Waals surface area contributed by atoms with E-state index in [1.165, 1.54) is 25.0 Å². The minimum Gasteiger partial charge on any atom is -0.354 e. The van der Waals surface area contributed by atoms with Gasteiger partial charge in [-0.1, -0.05) is 31.9 Å².